The number of nitrogens with two attached hydrogens (primary N) is 1. The van der Waals surface area contributed by atoms with Gasteiger partial charge in [0.25, 0.3) is 0 Å². The molecule has 0 fully saturated rings. The van der Waals surface area contributed by atoms with E-state index in [0.29, 0.717) is 0 Å². The number of H-pyrrole nitrogens is 1. The van der Waals surface area contributed by atoms with E-state index in [-0.39, 0.29) is 11.8 Å². The van der Waals surface area contributed by atoms with Gasteiger partial charge in [0.15, 0.2) is 0 Å². The van der Waals surface area contributed by atoms with Crippen LogP contribution in [-0.2, 0) is 4.79 Å². The molecule has 96 valence electrons. The molecule has 0 radical (unpaired) electrons. The zero-order valence-corrected chi connectivity index (χ0v) is 10.6. The van der Waals surface area contributed by atoms with Gasteiger partial charge in [-0.05, 0) is 17.5 Å². The highest BCUT2D eigenvalue weighted by atomic mass is 16.4. The average Bonchev–Trinajstić information content (AvgIpc) is 2.73. The molecule has 18 heavy (non-hydrogen) atoms. The first kappa shape index (κ1) is 12.6. The first-order chi connectivity index (χ1) is 8.52. The summed E-state index contributed by atoms with van der Waals surface area (Å²) in [6.45, 7) is 3.99. The molecule has 4 heteroatoms. The van der Waals surface area contributed by atoms with E-state index in [9.17, 15) is 4.79 Å². The van der Waals surface area contributed by atoms with Crippen LogP contribution in [0, 0.1) is 5.92 Å². The van der Waals surface area contributed by atoms with E-state index in [4.69, 9.17) is 10.8 Å². The summed E-state index contributed by atoms with van der Waals surface area (Å²) >= 11 is 0. The van der Waals surface area contributed by atoms with Gasteiger partial charge in [0.05, 0.1) is 0 Å². The lowest BCUT2D eigenvalue weighted by molar-refractivity contribution is -0.139. The van der Waals surface area contributed by atoms with E-state index in [1.54, 1.807) is 0 Å². The fourth-order valence-corrected chi connectivity index (χ4v) is 2.49. The third-order valence-electron chi connectivity index (χ3n) is 3.37. The lowest BCUT2D eigenvalue weighted by atomic mass is 9.82. The highest BCUT2D eigenvalue weighted by Crippen LogP contribution is 2.32. The normalized spacial score (nSPS) is 14.9. The molecule has 0 saturated carbocycles. The smallest absolute Gasteiger partial charge is 0.321 e. The van der Waals surface area contributed by atoms with Crippen molar-refractivity contribution in [2.75, 3.05) is 0 Å². The van der Waals surface area contributed by atoms with Crippen LogP contribution < -0.4 is 5.73 Å². The number of carboxylic acids is 1. The summed E-state index contributed by atoms with van der Waals surface area (Å²) in [6.07, 6.45) is 1.87. The minimum atomic E-state index is -0.959. The molecule has 4 nitrogen and oxygen atoms in total. The topological polar surface area (TPSA) is 79.1 Å². The van der Waals surface area contributed by atoms with Crippen LogP contribution in [0.2, 0.25) is 0 Å². The molecule has 0 bridgehead atoms. The van der Waals surface area contributed by atoms with E-state index < -0.39 is 12.0 Å². The van der Waals surface area contributed by atoms with Crippen molar-refractivity contribution in [2.45, 2.75) is 25.8 Å². The number of rotatable bonds is 4. The second-order valence-electron chi connectivity index (χ2n) is 4.92. The Hall–Kier alpha value is -1.81. The third-order valence-corrected chi connectivity index (χ3v) is 3.37. The molecule has 4 N–H and O–H groups in total. The van der Waals surface area contributed by atoms with Gasteiger partial charge in [-0.25, -0.2) is 0 Å². The van der Waals surface area contributed by atoms with Gasteiger partial charge in [0.2, 0.25) is 0 Å². The number of hydrogen-bond acceptors (Lipinski definition) is 2. The molecule has 0 saturated heterocycles. The SMILES string of the molecule is CC(C)C(c1c[nH]c2ccccc12)C(N)C(=O)O. The number of benzene rings is 1. The molecule has 0 aliphatic rings. The first-order valence-corrected chi connectivity index (χ1v) is 6.06. The molecular formula is C14H18N2O2. The van der Waals surface area contributed by atoms with Crippen LogP contribution in [0.4, 0.5) is 0 Å². The van der Waals surface area contributed by atoms with Gasteiger partial charge in [-0.3, -0.25) is 4.79 Å². The highest BCUT2D eigenvalue weighted by Gasteiger charge is 2.30. The molecule has 1 aromatic carbocycles. The van der Waals surface area contributed by atoms with Crippen LogP contribution in [0.25, 0.3) is 10.9 Å². The largest absolute Gasteiger partial charge is 0.480 e. The maximum Gasteiger partial charge on any atom is 0.321 e. The summed E-state index contributed by atoms with van der Waals surface area (Å²) in [5, 5.41) is 10.2. The van der Waals surface area contributed by atoms with Gasteiger partial charge < -0.3 is 15.8 Å². The Kier molecular flexibility index (Phi) is 3.39. The predicted molar refractivity (Wildman–Crippen MR) is 71.5 cm³/mol. The number of carbonyl (C=O) groups is 1. The number of fused-ring (bicyclic) bond motifs is 1. The molecule has 0 aliphatic carbocycles. The van der Waals surface area contributed by atoms with Gasteiger partial charge in [-0.1, -0.05) is 32.0 Å². The minimum Gasteiger partial charge on any atom is -0.480 e. The summed E-state index contributed by atoms with van der Waals surface area (Å²) in [5.74, 6) is -0.993. The van der Waals surface area contributed by atoms with Crippen LogP contribution >= 0.6 is 0 Å². The van der Waals surface area contributed by atoms with Crippen molar-refractivity contribution in [3.8, 4) is 0 Å². The molecular weight excluding hydrogens is 228 g/mol. The van der Waals surface area contributed by atoms with Crippen molar-refractivity contribution >= 4 is 16.9 Å². The van der Waals surface area contributed by atoms with Crippen molar-refractivity contribution in [2.24, 2.45) is 11.7 Å². The fourth-order valence-electron chi connectivity index (χ4n) is 2.49. The van der Waals surface area contributed by atoms with Crippen molar-refractivity contribution in [1.82, 2.24) is 4.98 Å². The van der Waals surface area contributed by atoms with Crippen LogP contribution in [0.15, 0.2) is 30.5 Å². The van der Waals surface area contributed by atoms with Crippen molar-refractivity contribution in [3.05, 3.63) is 36.0 Å². The highest BCUT2D eigenvalue weighted by molar-refractivity contribution is 5.85. The third kappa shape index (κ3) is 2.11. The molecule has 0 aliphatic heterocycles. The zero-order valence-electron chi connectivity index (χ0n) is 10.6. The number of aromatic nitrogens is 1. The minimum absolute atomic E-state index is 0.162. The summed E-state index contributed by atoms with van der Waals surface area (Å²) in [7, 11) is 0. The maximum absolute atomic E-state index is 11.1. The number of para-hydroxylation sites is 1. The van der Waals surface area contributed by atoms with Crippen LogP contribution in [0.1, 0.15) is 25.3 Å². The zero-order chi connectivity index (χ0) is 13.3. The Balaban J connectivity index is 2.52. The van der Waals surface area contributed by atoms with Gasteiger partial charge in [-0.2, -0.15) is 0 Å². The summed E-state index contributed by atoms with van der Waals surface area (Å²) < 4.78 is 0. The average molecular weight is 246 g/mol. The molecule has 0 spiro atoms. The van der Waals surface area contributed by atoms with Crippen LogP contribution in [0.3, 0.4) is 0 Å². The van der Waals surface area contributed by atoms with E-state index in [1.165, 1.54) is 0 Å². The maximum atomic E-state index is 11.1. The summed E-state index contributed by atoms with van der Waals surface area (Å²) in [4.78, 5) is 14.3. The van der Waals surface area contributed by atoms with E-state index in [1.807, 2.05) is 44.3 Å². The van der Waals surface area contributed by atoms with Crippen molar-refractivity contribution in [1.29, 1.82) is 0 Å². The second kappa shape index (κ2) is 4.82. The summed E-state index contributed by atoms with van der Waals surface area (Å²) in [5.41, 5.74) is 7.82. The Labute approximate surface area is 106 Å². The lowest BCUT2D eigenvalue weighted by Gasteiger charge is -2.24. The number of nitrogens with one attached hydrogen (secondary N) is 1. The Morgan fingerprint density at radius 1 is 1.33 bits per heavy atom. The van der Waals surface area contributed by atoms with Gasteiger partial charge >= 0.3 is 5.97 Å². The fraction of sp³-hybridized carbons (Fsp3) is 0.357. The second-order valence-corrected chi connectivity index (χ2v) is 4.92. The Bertz CT molecular complexity index is 560. The van der Waals surface area contributed by atoms with E-state index in [2.05, 4.69) is 4.98 Å². The van der Waals surface area contributed by atoms with Gasteiger partial charge in [-0.15, -0.1) is 0 Å². The Morgan fingerprint density at radius 3 is 2.61 bits per heavy atom. The van der Waals surface area contributed by atoms with E-state index >= 15 is 0 Å². The lowest BCUT2D eigenvalue weighted by Crippen LogP contribution is -2.38. The monoisotopic (exact) mass is 246 g/mol. The van der Waals surface area contributed by atoms with Gasteiger partial charge in [0.1, 0.15) is 6.04 Å². The molecule has 2 rings (SSSR count). The standard InChI is InChI=1S/C14H18N2O2/c1-8(2)12(13(15)14(17)18)10-7-16-11-6-4-3-5-9(10)11/h3-8,12-13,16H,15H2,1-2H3,(H,17,18). The van der Waals surface area contributed by atoms with Crippen molar-refractivity contribution in [3.63, 3.8) is 0 Å². The first-order valence-electron chi connectivity index (χ1n) is 6.06. The molecule has 2 atom stereocenters. The molecule has 1 heterocycles. The van der Waals surface area contributed by atoms with E-state index in [0.717, 1.165) is 16.5 Å². The van der Waals surface area contributed by atoms with Crippen LogP contribution in [-0.4, -0.2) is 22.1 Å². The number of aliphatic carboxylic acids is 1. The predicted octanol–water partition coefficient (Wildman–Crippen LogP) is 2.32. The summed E-state index contributed by atoms with van der Waals surface area (Å²) in [6, 6.07) is 6.98. The van der Waals surface area contributed by atoms with Crippen LogP contribution in [0.5, 0.6) is 0 Å². The molecule has 2 aromatic rings. The Morgan fingerprint density at radius 2 is 2.00 bits per heavy atom. The number of hydrogen-bond donors (Lipinski definition) is 3. The number of carboxylic acid groups (broad SMARTS) is 1. The molecule has 2 unspecified atom stereocenters. The molecule has 0 amide bonds. The van der Waals surface area contributed by atoms with Gasteiger partial charge in [0, 0.05) is 23.0 Å². The molecule has 1 aromatic heterocycles. The van der Waals surface area contributed by atoms with Crippen molar-refractivity contribution < 1.29 is 9.90 Å². The quantitative estimate of drug-likeness (QED) is 0.774. The number of aromatic amines is 1.